The fourth-order valence-electron chi connectivity index (χ4n) is 3.48. The summed E-state index contributed by atoms with van der Waals surface area (Å²) in [5, 5.41) is 9.87. The number of ether oxygens (including phenoxy) is 4. The lowest BCUT2D eigenvalue weighted by molar-refractivity contribution is -0.352. The van der Waals surface area contributed by atoms with Gasteiger partial charge in [0.05, 0.1) is 24.9 Å². The SMILES string of the molecule is COC1CCOCC1NC(=O)COc1ccc(F)cc1.FC(F)(F)OC1CC(c2nnco2)C1. The first-order valence-corrected chi connectivity index (χ1v) is 10.5. The lowest BCUT2D eigenvalue weighted by Gasteiger charge is -2.32. The van der Waals surface area contributed by atoms with Crippen molar-refractivity contribution in [1.82, 2.24) is 15.5 Å². The lowest BCUT2D eigenvalue weighted by atomic mass is 9.82. The van der Waals surface area contributed by atoms with Gasteiger partial charge in [-0.25, -0.2) is 4.39 Å². The maximum absolute atomic E-state index is 12.7. The van der Waals surface area contributed by atoms with Crippen LogP contribution in [0.2, 0.25) is 0 Å². The highest BCUT2D eigenvalue weighted by Crippen LogP contribution is 2.40. The monoisotopic (exact) mass is 491 g/mol. The summed E-state index contributed by atoms with van der Waals surface area (Å²) in [4.78, 5) is 11.8. The van der Waals surface area contributed by atoms with Crippen molar-refractivity contribution in [3.8, 4) is 5.75 Å². The van der Waals surface area contributed by atoms with Crippen LogP contribution in [0.25, 0.3) is 0 Å². The Balaban J connectivity index is 0.000000202. The van der Waals surface area contributed by atoms with Gasteiger partial charge in [0.1, 0.15) is 11.6 Å². The number of aromatic nitrogens is 2. The first-order chi connectivity index (χ1) is 16.2. The molecule has 0 spiro atoms. The number of benzene rings is 1. The van der Waals surface area contributed by atoms with E-state index in [0.717, 1.165) is 12.8 Å². The number of alkyl halides is 3. The van der Waals surface area contributed by atoms with Crippen molar-refractivity contribution in [2.75, 3.05) is 26.9 Å². The Hall–Kier alpha value is -2.77. The van der Waals surface area contributed by atoms with Crippen LogP contribution in [-0.4, -0.2) is 67.6 Å². The van der Waals surface area contributed by atoms with Crippen LogP contribution < -0.4 is 10.1 Å². The van der Waals surface area contributed by atoms with Gasteiger partial charge in [-0.3, -0.25) is 9.53 Å². The van der Waals surface area contributed by atoms with Gasteiger partial charge in [0, 0.05) is 19.6 Å². The molecule has 1 N–H and O–H groups in total. The summed E-state index contributed by atoms with van der Waals surface area (Å²) >= 11 is 0. The maximum Gasteiger partial charge on any atom is 0.522 e. The molecule has 1 aliphatic carbocycles. The van der Waals surface area contributed by atoms with E-state index in [1.165, 1.54) is 24.3 Å². The minimum Gasteiger partial charge on any atom is -0.484 e. The van der Waals surface area contributed by atoms with Crippen LogP contribution in [0.4, 0.5) is 17.6 Å². The van der Waals surface area contributed by atoms with Crippen molar-refractivity contribution >= 4 is 5.91 Å². The van der Waals surface area contributed by atoms with Gasteiger partial charge >= 0.3 is 6.36 Å². The van der Waals surface area contributed by atoms with Crippen LogP contribution in [0, 0.1) is 5.82 Å². The maximum atomic E-state index is 12.7. The zero-order valence-corrected chi connectivity index (χ0v) is 18.3. The minimum absolute atomic E-state index is 0.0430. The number of carbonyl (C=O) groups excluding carboxylic acids is 1. The summed E-state index contributed by atoms with van der Waals surface area (Å²) in [5.74, 6) is 0.137. The molecule has 1 aliphatic heterocycles. The Labute approximate surface area is 192 Å². The van der Waals surface area contributed by atoms with Gasteiger partial charge in [0.15, 0.2) is 6.61 Å². The highest BCUT2D eigenvalue weighted by molar-refractivity contribution is 5.77. The second kappa shape index (κ2) is 12.1. The van der Waals surface area contributed by atoms with E-state index in [4.69, 9.17) is 18.6 Å². The van der Waals surface area contributed by atoms with E-state index in [2.05, 4.69) is 20.3 Å². The van der Waals surface area contributed by atoms with Crippen LogP contribution in [-0.2, 0) is 19.0 Å². The molecule has 1 saturated carbocycles. The van der Waals surface area contributed by atoms with Gasteiger partial charge in [0.2, 0.25) is 12.3 Å². The number of hydrogen-bond acceptors (Lipinski definition) is 8. The van der Waals surface area contributed by atoms with Crippen molar-refractivity contribution < 1.29 is 45.7 Å². The molecule has 2 aromatic rings. The van der Waals surface area contributed by atoms with E-state index in [-0.39, 0.29) is 49.2 Å². The molecule has 1 amide bonds. The molecule has 0 radical (unpaired) electrons. The molecule has 4 rings (SSSR count). The van der Waals surface area contributed by atoms with Gasteiger partial charge in [-0.15, -0.1) is 23.4 Å². The summed E-state index contributed by atoms with van der Waals surface area (Å²) in [6.07, 6.45) is -2.90. The molecule has 2 aliphatic rings. The number of amides is 1. The molecule has 2 heterocycles. The average molecular weight is 491 g/mol. The third-order valence-electron chi connectivity index (χ3n) is 5.25. The fraction of sp³-hybridized carbons (Fsp3) is 0.571. The van der Waals surface area contributed by atoms with Crippen LogP contribution in [0.5, 0.6) is 5.75 Å². The number of methoxy groups -OCH3 is 1. The Morgan fingerprint density at radius 3 is 2.59 bits per heavy atom. The van der Waals surface area contributed by atoms with Gasteiger partial charge < -0.3 is 23.9 Å². The van der Waals surface area contributed by atoms with Crippen molar-refractivity contribution in [2.24, 2.45) is 0 Å². The molecule has 34 heavy (non-hydrogen) atoms. The summed E-state index contributed by atoms with van der Waals surface area (Å²) < 4.78 is 72.4. The molecule has 13 heteroatoms. The molecule has 1 saturated heterocycles. The van der Waals surface area contributed by atoms with Gasteiger partial charge in [0.25, 0.3) is 5.91 Å². The lowest BCUT2D eigenvalue weighted by Crippen LogP contribution is -2.51. The Morgan fingerprint density at radius 1 is 1.24 bits per heavy atom. The number of nitrogens with one attached hydrogen (secondary N) is 1. The number of nitrogens with zero attached hydrogens (tertiary/aromatic N) is 2. The summed E-state index contributed by atoms with van der Waals surface area (Å²) in [7, 11) is 1.62. The normalized spacial score (nSPS) is 24.4. The predicted octanol–water partition coefficient (Wildman–Crippen LogP) is 2.98. The Bertz CT molecular complexity index is 876. The van der Waals surface area contributed by atoms with Gasteiger partial charge in [-0.1, -0.05) is 0 Å². The van der Waals surface area contributed by atoms with E-state index in [9.17, 15) is 22.4 Å². The predicted molar refractivity (Wildman–Crippen MR) is 107 cm³/mol. The molecule has 2 atom stereocenters. The second-order valence-corrected chi connectivity index (χ2v) is 7.69. The highest BCUT2D eigenvalue weighted by atomic mass is 19.4. The number of carbonyl (C=O) groups is 1. The quantitative estimate of drug-likeness (QED) is 0.590. The van der Waals surface area contributed by atoms with Crippen LogP contribution in [0.3, 0.4) is 0 Å². The minimum atomic E-state index is -4.55. The van der Waals surface area contributed by atoms with E-state index >= 15 is 0 Å². The number of hydrogen-bond donors (Lipinski definition) is 1. The molecule has 2 unspecified atom stereocenters. The molecule has 9 nitrogen and oxygen atoms in total. The largest absolute Gasteiger partial charge is 0.522 e. The molecule has 188 valence electrons. The summed E-state index contributed by atoms with van der Waals surface area (Å²) in [5.41, 5.74) is 0. The van der Waals surface area contributed by atoms with Crippen molar-refractivity contribution in [3.63, 3.8) is 0 Å². The van der Waals surface area contributed by atoms with Gasteiger partial charge in [-0.2, -0.15) is 0 Å². The molecular weight excluding hydrogens is 466 g/mol. The first-order valence-electron chi connectivity index (χ1n) is 10.5. The van der Waals surface area contributed by atoms with Crippen LogP contribution in [0.1, 0.15) is 31.1 Å². The standard InChI is InChI=1S/C14H18FNO4.C7H7F3N2O2/c1-18-13-6-7-19-8-12(13)16-14(17)9-20-11-4-2-10(15)3-5-11;8-7(9,10)14-5-1-4(2-5)6-12-11-3-13-6/h2-5,12-13H,6-9H2,1H3,(H,16,17);3-5H,1-2H2. The second-order valence-electron chi connectivity index (χ2n) is 7.69. The third kappa shape index (κ3) is 8.22. The van der Waals surface area contributed by atoms with Crippen molar-refractivity contribution in [1.29, 1.82) is 0 Å². The molecule has 1 aromatic heterocycles. The van der Waals surface area contributed by atoms with Crippen LogP contribution in [0.15, 0.2) is 35.1 Å². The first kappa shape index (κ1) is 25.8. The summed E-state index contributed by atoms with van der Waals surface area (Å²) in [6, 6.07) is 5.35. The van der Waals surface area contributed by atoms with Gasteiger partial charge in [-0.05, 0) is 43.5 Å². The Morgan fingerprint density at radius 2 is 1.97 bits per heavy atom. The molecule has 2 fully saturated rings. The van der Waals surface area contributed by atoms with E-state index < -0.39 is 12.5 Å². The van der Waals surface area contributed by atoms with Crippen molar-refractivity contribution in [3.05, 3.63) is 42.4 Å². The van der Waals surface area contributed by atoms with E-state index in [1.807, 2.05) is 0 Å². The molecule has 0 bridgehead atoms. The average Bonchev–Trinajstić information content (AvgIpc) is 3.30. The zero-order valence-electron chi connectivity index (χ0n) is 18.3. The Kier molecular flexibility index (Phi) is 9.19. The number of rotatable bonds is 7. The molecular formula is C21H25F4N3O6. The topological polar surface area (TPSA) is 105 Å². The zero-order chi connectivity index (χ0) is 24.6. The van der Waals surface area contributed by atoms with Crippen LogP contribution >= 0.6 is 0 Å². The highest BCUT2D eigenvalue weighted by Gasteiger charge is 2.42. The smallest absolute Gasteiger partial charge is 0.484 e. The fourth-order valence-corrected chi connectivity index (χ4v) is 3.48. The van der Waals surface area contributed by atoms with E-state index in [1.54, 1.807) is 7.11 Å². The summed E-state index contributed by atoms with van der Waals surface area (Å²) in [6.45, 7) is 0.941. The van der Waals surface area contributed by atoms with E-state index in [0.29, 0.717) is 24.9 Å². The van der Waals surface area contributed by atoms with Crippen molar-refractivity contribution in [2.45, 2.75) is 49.8 Å². The number of halogens is 4. The molecule has 1 aromatic carbocycles. The third-order valence-corrected chi connectivity index (χ3v) is 5.25.